The Hall–Kier alpha value is -1.66. The molecule has 0 radical (unpaired) electrons. The second kappa shape index (κ2) is 5.99. The van der Waals surface area contributed by atoms with E-state index >= 15 is 0 Å². The highest BCUT2D eigenvalue weighted by Gasteiger charge is 2.17. The van der Waals surface area contributed by atoms with E-state index in [0.29, 0.717) is 24.5 Å². The van der Waals surface area contributed by atoms with E-state index in [2.05, 4.69) is 10.6 Å². The number of amides is 1. The fourth-order valence-electron chi connectivity index (χ4n) is 1.95. The van der Waals surface area contributed by atoms with Crippen LogP contribution in [-0.4, -0.2) is 23.4 Å². The van der Waals surface area contributed by atoms with Crippen molar-refractivity contribution in [2.45, 2.75) is 25.4 Å². The minimum Gasteiger partial charge on any atom is -0.355 e. The molecule has 1 amide bonds. The first-order valence-corrected chi connectivity index (χ1v) is 6.37. The Balaban J connectivity index is 1.92. The normalized spacial score (nSPS) is 19.0. The van der Waals surface area contributed by atoms with Crippen molar-refractivity contribution in [1.29, 1.82) is 0 Å². The quantitative estimate of drug-likeness (QED) is 0.649. The number of benzene rings is 1. The first kappa shape index (κ1) is 13.8. The molecule has 0 bridgehead atoms. The molecule has 1 fully saturated rings. The molecule has 1 unspecified atom stereocenters. The summed E-state index contributed by atoms with van der Waals surface area (Å²) in [6.45, 7) is 1.13. The molecule has 1 aliphatic rings. The third-order valence-electron chi connectivity index (χ3n) is 3.09. The molecule has 2 N–H and O–H groups in total. The molecule has 1 aromatic carbocycles. The Kier molecular flexibility index (Phi) is 4.34. The molecule has 2 rings (SSSR count). The second-order valence-corrected chi connectivity index (χ2v) is 4.86. The lowest BCUT2D eigenvalue weighted by Gasteiger charge is -2.23. The summed E-state index contributed by atoms with van der Waals surface area (Å²) < 4.78 is 0. The summed E-state index contributed by atoms with van der Waals surface area (Å²) in [5.41, 5.74) is 0.794. The van der Waals surface area contributed by atoms with Crippen LogP contribution in [0.3, 0.4) is 0 Å². The number of carbonyl (C=O) groups excluding carboxylic acids is 1. The minimum atomic E-state index is -0.472. The molecule has 102 valence electrons. The molecular weight excluding hydrogens is 270 g/mol. The lowest BCUT2D eigenvalue weighted by Crippen LogP contribution is -2.45. The van der Waals surface area contributed by atoms with Crippen molar-refractivity contribution in [3.8, 4) is 0 Å². The van der Waals surface area contributed by atoms with E-state index in [9.17, 15) is 14.9 Å². The highest BCUT2D eigenvalue weighted by Crippen LogP contribution is 2.22. The number of hydrogen-bond donors (Lipinski definition) is 2. The maximum atomic E-state index is 11.0. The van der Waals surface area contributed by atoms with Crippen LogP contribution in [0.5, 0.6) is 0 Å². The van der Waals surface area contributed by atoms with Crippen molar-refractivity contribution < 1.29 is 9.72 Å². The molecule has 7 heteroatoms. The number of piperidine rings is 1. The zero-order valence-electron chi connectivity index (χ0n) is 10.2. The van der Waals surface area contributed by atoms with Gasteiger partial charge in [0.1, 0.15) is 0 Å². The topological polar surface area (TPSA) is 84.3 Å². The summed E-state index contributed by atoms with van der Waals surface area (Å²) >= 11 is 6.00. The van der Waals surface area contributed by atoms with Crippen LogP contribution in [0.4, 0.5) is 5.69 Å². The summed E-state index contributed by atoms with van der Waals surface area (Å²) in [5, 5.41) is 17.0. The van der Waals surface area contributed by atoms with Crippen LogP contribution in [0.15, 0.2) is 18.2 Å². The summed E-state index contributed by atoms with van der Waals surface area (Å²) in [4.78, 5) is 21.1. The van der Waals surface area contributed by atoms with Crippen LogP contribution >= 0.6 is 11.6 Å². The number of carbonyl (C=O) groups is 1. The van der Waals surface area contributed by atoms with Gasteiger partial charge in [0.05, 0.1) is 9.95 Å². The predicted octanol–water partition coefficient (Wildman–Crippen LogP) is 1.62. The van der Waals surface area contributed by atoms with Gasteiger partial charge in [-0.2, -0.15) is 0 Å². The zero-order valence-corrected chi connectivity index (χ0v) is 10.9. The average molecular weight is 284 g/mol. The number of non-ortho nitro benzene ring substituents is 1. The van der Waals surface area contributed by atoms with Crippen LogP contribution in [-0.2, 0) is 11.3 Å². The maximum Gasteiger partial charge on any atom is 0.270 e. The summed E-state index contributed by atoms with van der Waals surface area (Å²) in [7, 11) is 0. The van der Waals surface area contributed by atoms with Crippen LogP contribution in [0, 0.1) is 10.1 Å². The first-order chi connectivity index (χ1) is 9.06. The Labute approximate surface area is 115 Å². The number of rotatable bonds is 4. The van der Waals surface area contributed by atoms with Crippen molar-refractivity contribution in [3.05, 3.63) is 38.9 Å². The summed E-state index contributed by atoms with van der Waals surface area (Å²) in [6.07, 6.45) is 1.31. The number of nitrogens with one attached hydrogen (secondary N) is 2. The van der Waals surface area contributed by atoms with E-state index in [1.807, 2.05) is 0 Å². The van der Waals surface area contributed by atoms with E-state index in [4.69, 9.17) is 11.6 Å². The lowest BCUT2D eigenvalue weighted by molar-refractivity contribution is -0.384. The van der Waals surface area contributed by atoms with Crippen LogP contribution in [0.1, 0.15) is 18.4 Å². The minimum absolute atomic E-state index is 0.0151. The number of nitrogens with zero attached hydrogens (tertiary/aromatic N) is 1. The number of nitro benzene ring substituents is 1. The molecule has 1 aliphatic heterocycles. The number of halogens is 1. The van der Waals surface area contributed by atoms with Crippen LogP contribution in [0.25, 0.3) is 0 Å². The molecule has 6 nitrogen and oxygen atoms in total. The van der Waals surface area contributed by atoms with Gasteiger partial charge in [-0.25, -0.2) is 0 Å². The molecule has 0 saturated carbocycles. The van der Waals surface area contributed by atoms with Crippen LogP contribution in [0.2, 0.25) is 5.02 Å². The van der Waals surface area contributed by atoms with Crippen molar-refractivity contribution in [2.24, 2.45) is 0 Å². The molecule has 19 heavy (non-hydrogen) atoms. The van der Waals surface area contributed by atoms with E-state index in [-0.39, 0.29) is 17.6 Å². The van der Waals surface area contributed by atoms with Gasteiger partial charge < -0.3 is 10.6 Å². The maximum absolute atomic E-state index is 11.0. The predicted molar refractivity (Wildman–Crippen MR) is 71.0 cm³/mol. The molecule has 0 aromatic heterocycles. The largest absolute Gasteiger partial charge is 0.355 e. The summed E-state index contributed by atoms with van der Waals surface area (Å²) in [6, 6.07) is 4.64. The zero-order chi connectivity index (χ0) is 13.8. The highest BCUT2D eigenvalue weighted by atomic mass is 35.5. The van der Waals surface area contributed by atoms with Gasteiger partial charge in [0.25, 0.3) is 5.69 Å². The van der Waals surface area contributed by atoms with Crippen molar-refractivity contribution in [3.63, 3.8) is 0 Å². The van der Waals surface area contributed by atoms with Gasteiger partial charge in [-0.3, -0.25) is 14.9 Å². The van der Waals surface area contributed by atoms with Gasteiger partial charge in [0.15, 0.2) is 0 Å². The first-order valence-electron chi connectivity index (χ1n) is 5.99. The fraction of sp³-hybridized carbons (Fsp3) is 0.417. The Morgan fingerprint density at radius 3 is 2.89 bits per heavy atom. The SMILES string of the molecule is O=C1CCC(NCc2ccc([N+](=O)[O-])cc2Cl)CN1. The van der Waals surface area contributed by atoms with Gasteiger partial charge >= 0.3 is 0 Å². The van der Waals surface area contributed by atoms with E-state index in [1.165, 1.54) is 12.1 Å². The molecule has 1 saturated heterocycles. The lowest BCUT2D eigenvalue weighted by atomic mass is 10.1. The molecule has 1 atom stereocenters. The van der Waals surface area contributed by atoms with E-state index in [1.54, 1.807) is 6.07 Å². The van der Waals surface area contributed by atoms with E-state index < -0.39 is 4.92 Å². The van der Waals surface area contributed by atoms with Gasteiger partial charge in [0, 0.05) is 37.7 Å². The number of hydrogen-bond acceptors (Lipinski definition) is 4. The second-order valence-electron chi connectivity index (χ2n) is 4.45. The number of nitro groups is 1. The van der Waals surface area contributed by atoms with Gasteiger partial charge in [-0.1, -0.05) is 11.6 Å². The Morgan fingerprint density at radius 2 is 2.32 bits per heavy atom. The van der Waals surface area contributed by atoms with Crippen molar-refractivity contribution >= 4 is 23.2 Å². The molecular formula is C12H14ClN3O3. The molecule has 0 aliphatic carbocycles. The van der Waals surface area contributed by atoms with Gasteiger partial charge in [-0.15, -0.1) is 0 Å². The molecule has 0 spiro atoms. The van der Waals surface area contributed by atoms with E-state index in [0.717, 1.165) is 12.0 Å². The fourth-order valence-corrected chi connectivity index (χ4v) is 2.20. The van der Waals surface area contributed by atoms with Gasteiger partial charge in [0.2, 0.25) is 5.91 Å². The average Bonchev–Trinajstić information content (AvgIpc) is 2.39. The molecule has 1 aromatic rings. The third kappa shape index (κ3) is 3.65. The van der Waals surface area contributed by atoms with Crippen molar-refractivity contribution in [2.75, 3.05) is 6.54 Å². The van der Waals surface area contributed by atoms with Gasteiger partial charge in [-0.05, 0) is 18.1 Å². The van der Waals surface area contributed by atoms with Crippen LogP contribution < -0.4 is 10.6 Å². The standard InChI is InChI=1S/C12H14ClN3O3/c13-11-5-10(16(18)19)3-1-8(11)6-14-9-2-4-12(17)15-7-9/h1,3,5,9,14H,2,4,6-7H2,(H,15,17). The summed E-state index contributed by atoms with van der Waals surface area (Å²) in [5.74, 6) is 0.0754. The highest BCUT2D eigenvalue weighted by molar-refractivity contribution is 6.31. The smallest absolute Gasteiger partial charge is 0.270 e. The third-order valence-corrected chi connectivity index (χ3v) is 3.45. The molecule has 1 heterocycles. The monoisotopic (exact) mass is 283 g/mol. The Bertz CT molecular complexity index is 497. The van der Waals surface area contributed by atoms with Crippen molar-refractivity contribution in [1.82, 2.24) is 10.6 Å². The Morgan fingerprint density at radius 1 is 1.53 bits per heavy atom.